The van der Waals surface area contributed by atoms with Crippen molar-refractivity contribution in [1.82, 2.24) is 10.2 Å². The Hall–Kier alpha value is -1.55. The van der Waals surface area contributed by atoms with E-state index in [4.69, 9.17) is 4.74 Å². The first-order valence-corrected chi connectivity index (χ1v) is 7.27. The van der Waals surface area contributed by atoms with Crippen LogP contribution in [0.2, 0.25) is 0 Å². The minimum Gasteiger partial charge on any atom is -0.493 e. The maximum absolute atomic E-state index is 12.0. The molecule has 1 N–H and O–H groups in total. The van der Waals surface area contributed by atoms with Crippen LogP contribution in [0, 0.1) is 20.8 Å². The standard InChI is InChI=1S/C16H24N2O2/c1-12-10-13(2)14(3)15(11-12)20-9-4-16(19)18-7-5-17-6-8-18/h10-11,17H,4-9H2,1-3H3. The summed E-state index contributed by atoms with van der Waals surface area (Å²) in [7, 11) is 0. The van der Waals surface area contributed by atoms with E-state index in [2.05, 4.69) is 32.2 Å². The number of nitrogens with one attached hydrogen (secondary N) is 1. The van der Waals surface area contributed by atoms with Crippen molar-refractivity contribution in [1.29, 1.82) is 0 Å². The molecule has 1 saturated heterocycles. The third-order valence-electron chi connectivity index (χ3n) is 3.81. The van der Waals surface area contributed by atoms with Gasteiger partial charge in [0.05, 0.1) is 13.0 Å². The van der Waals surface area contributed by atoms with Crippen molar-refractivity contribution >= 4 is 5.91 Å². The highest BCUT2D eigenvalue weighted by Gasteiger charge is 2.16. The van der Waals surface area contributed by atoms with Crippen LogP contribution in [0.1, 0.15) is 23.1 Å². The van der Waals surface area contributed by atoms with Gasteiger partial charge < -0.3 is 15.0 Å². The molecule has 0 spiro atoms. The molecule has 1 fully saturated rings. The first-order chi connectivity index (χ1) is 9.58. The highest BCUT2D eigenvalue weighted by atomic mass is 16.5. The zero-order valence-corrected chi connectivity index (χ0v) is 12.7. The minimum atomic E-state index is 0.188. The quantitative estimate of drug-likeness (QED) is 0.912. The van der Waals surface area contributed by atoms with Crippen LogP contribution in [0.25, 0.3) is 0 Å². The Labute approximate surface area is 121 Å². The number of hydrogen-bond donors (Lipinski definition) is 1. The van der Waals surface area contributed by atoms with E-state index >= 15 is 0 Å². The topological polar surface area (TPSA) is 41.6 Å². The Kier molecular flexibility index (Phi) is 5.01. The molecule has 1 aliphatic rings. The van der Waals surface area contributed by atoms with E-state index < -0.39 is 0 Å². The number of carbonyl (C=O) groups excluding carboxylic acids is 1. The monoisotopic (exact) mass is 276 g/mol. The lowest BCUT2D eigenvalue weighted by Gasteiger charge is -2.27. The highest BCUT2D eigenvalue weighted by Crippen LogP contribution is 2.23. The first-order valence-electron chi connectivity index (χ1n) is 7.27. The van der Waals surface area contributed by atoms with Gasteiger partial charge in [-0.3, -0.25) is 4.79 Å². The van der Waals surface area contributed by atoms with E-state index in [0.29, 0.717) is 13.0 Å². The molecule has 0 aromatic heterocycles. The summed E-state index contributed by atoms with van der Waals surface area (Å²) in [5.74, 6) is 1.09. The number of ether oxygens (including phenoxy) is 1. The van der Waals surface area contributed by atoms with Gasteiger partial charge in [-0.05, 0) is 43.5 Å². The second-order valence-electron chi connectivity index (χ2n) is 5.43. The van der Waals surface area contributed by atoms with Crippen LogP contribution < -0.4 is 10.1 Å². The van der Waals surface area contributed by atoms with Crippen LogP contribution in [0.5, 0.6) is 5.75 Å². The molecule has 1 amide bonds. The molecule has 1 aromatic carbocycles. The van der Waals surface area contributed by atoms with Crippen molar-refractivity contribution in [2.45, 2.75) is 27.2 Å². The molecule has 1 heterocycles. The highest BCUT2D eigenvalue weighted by molar-refractivity contribution is 5.76. The number of nitrogens with zero attached hydrogens (tertiary/aromatic N) is 1. The average molecular weight is 276 g/mol. The molecule has 0 radical (unpaired) electrons. The summed E-state index contributed by atoms with van der Waals surface area (Å²) in [5.41, 5.74) is 3.58. The van der Waals surface area contributed by atoms with Gasteiger partial charge in [-0.2, -0.15) is 0 Å². The fourth-order valence-corrected chi connectivity index (χ4v) is 2.47. The van der Waals surface area contributed by atoms with Crippen LogP contribution in [0.3, 0.4) is 0 Å². The SMILES string of the molecule is Cc1cc(C)c(C)c(OCCC(=O)N2CCNCC2)c1. The summed E-state index contributed by atoms with van der Waals surface area (Å²) in [6, 6.07) is 4.19. The Morgan fingerprint density at radius 2 is 1.95 bits per heavy atom. The summed E-state index contributed by atoms with van der Waals surface area (Å²) in [5, 5.41) is 3.25. The molecule has 1 aromatic rings. The Morgan fingerprint density at radius 1 is 1.25 bits per heavy atom. The van der Waals surface area contributed by atoms with Gasteiger partial charge in [-0.25, -0.2) is 0 Å². The van der Waals surface area contributed by atoms with Crippen LogP contribution in [-0.4, -0.2) is 43.6 Å². The van der Waals surface area contributed by atoms with E-state index in [0.717, 1.165) is 37.5 Å². The molecule has 4 nitrogen and oxygen atoms in total. The Bertz CT molecular complexity index is 480. The number of carbonyl (C=O) groups is 1. The lowest BCUT2D eigenvalue weighted by molar-refractivity contribution is -0.132. The summed E-state index contributed by atoms with van der Waals surface area (Å²) < 4.78 is 5.80. The van der Waals surface area contributed by atoms with E-state index in [9.17, 15) is 4.79 Å². The van der Waals surface area contributed by atoms with Crippen LogP contribution in [-0.2, 0) is 4.79 Å². The van der Waals surface area contributed by atoms with Gasteiger partial charge in [-0.1, -0.05) is 6.07 Å². The largest absolute Gasteiger partial charge is 0.493 e. The molecule has 2 rings (SSSR count). The van der Waals surface area contributed by atoms with E-state index in [1.54, 1.807) is 0 Å². The molecule has 0 atom stereocenters. The summed E-state index contributed by atoms with van der Waals surface area (Å²) in [6.07, 6.45) is 0.451. The molecule has 4 heteroatoms. The summed E-state index contributed by atoms with van der Waals surface area (Å²) >= 11 is 0. The molecular weight excluding hydrogens is 252 g/mol. The van der Waals surface area contributed by atoms with Gasteiger partial charge >= 0.3 is 0 Å². The number of piperazine rings is 1. The van der Waals surface area contributed by atoms with Crippen LogP contribution in [0.4, 0.5) is 0 Å². The molecule has 20 heavy (non-hydrogen) atoms. The molecule has 110 valence electrons. The molecule has 0 aliphatic carbocycles. The number of aryl methyl sites for hydroxylation is 2. The first kappa shape index (κ1) is 14.9. The fraction of sp³-hybridized carbons (Fsp3) is 0.562. The predicted octanol–water partition coefficient (Wildman–Crippen LogP) is 1.81. The van der Waals surface area contributed by atoms with Crippen molar-refractivity contribution in [2.24, 2.45) is 0 Å². The zero-order chi connectivity index (χ0) is 14.5. The van der Waals surface area contributed by atoms with Crippen molar-refractivity contribution in [3.63, 3.8) is 0 Å². The number of hydrogen-bond acceptors (Lipinski definition) is 3. The Balaban J connectivity index is 1.85. The minimum absolute atomic E-state index is 0.188. The maximum atomic E-state index is 12.0. The van der Waals surface area contributed by atoms with Crippen LogP contribution >= 0.6 is 0 Å². The normalized spacial score (nSPS) is 15.2. The van der Waals surface area contributed by atoms with Gasteiger partial charge in [0.1, 0.15) is 5.75 Å². The fourth-order valence-electron chi connectivity index (χ4n) is 2.47. The van der Waals surface area contributed by atoms with Crippen molar-refractivity contribution in [3.8, 4) is 5.75 Å². The zero-order valence-electron chi connectivity index (χ0n) is 12.7. The summed E-state index contributed by atoms with van der Waals surface area (Å²) in [4.78, 5) is 13.9. The Morgan fingerprint density at radius 3 is 2.65 bits per heavy atom. The van der Waals surface area contributed by atoms with Gasteiger partial charge in [0.15, 0.2) is 0 Å². The summed E-state index contributed by atoms with van der Waals surface area (Å²) in [6.45, 7) is 10.1. The van der Waals surface area contributed by atoms with E-state index in [-0.39, 0.29) is 5.91 Å². The second kappa shape index (κ2) is 6.75. The lowest BCUT2D eigenvalue weighted by Crippen LogP contribution is -2.46. The average Bonchev–Trinajstić information content (AvgIpc) is 2.44. The molecular formula is C16H24N2O2. The van der Waals surface area contributed by atoms with E-state index in [1.807, 2.05) is 11.0 Å². The number of benzene rings is 1. The maximum Gasteiger partial charge on any atom is 0.226 e. The molecule has 0 unspecified atom stereocenters. The van der Waals surface area contributed by atoms with Crippen LogP contribution in [0.15, 0.2) is 12.1 Å². The third-order valence-corrected chi connectivity index (χ3v) is 3.81. The molecule has 0 bridgehead atoms. The third kappa shape index (κ3) is 3.73. The van der Waals surface area contributed by atoms with Gasteiger partial charge in [0.25, 0.3) is 0 Å². The van der Waals surface area contributed by atoms with Gasteiger partial charge in [-0.15, -0.1) is 0 Å². The second-order valence-corrected chi connectivity index (χ2v) is 5.43. The van der Waals surface area contributed by atoms with Gasteiger partial charge in [0.2, 0.25) is 5.91 Å². The molecule has 0 saturated carbocycles. The lowest BCUT2D eigenvalue weighted by atomic mass is 10.1. The predicted molar refractivity (Wildman–Crippen MR) is 80.2 cm³/mol. The van der Waals surface area contributed by atoms with Crippen molar-refractivity contribution in [2.75, 3.05) is 32.8 Å². The number of rotatable bonds is 4. The number of amides is 1. The van der Waals surface area contributed by atoms with Crippen molar-refractivity contribution in [3.05, 3.63) is 28.8 Å². The van der Waals surface area contributed by atoms with E-state index in [1.165, 1.54) is 11.1 Å². The van der Waals surface area contributed by atoms with Crippen molar-refractivity contribution < 1.29 is 9.53 Å². The molecule has 1 aliphatic heterocycles. The smallest absolute Gasteiger partial charge is 0.226 e. The van der Waals surface area contributed by atoms with Gasteiger partial charge in [0, 0.05) is 26.2 Å².